The molecule has 0 fully saturated rings. The average molecular weight is 356 g/mol. The Bertz CT molecular complexity index is 1040. The maximum Gasteiger partial charge on any atom is 0.122 e. The fourth-order valence-electron chi connectivity index (χ4n) is 3.50. The van der Waals surface area contributed by atoms with Gasteiger partial charge in [-0.3, -0.25) is 4.98 Å². The van der Waals surface area contributed by atoms with Gasteiger partial charge in [0.1, 0.15) is 17.0 Å². The van der Waals surface area contributed by atoms with Crippen molar-refractivity contribution in [2.45, 2.75) is 12.5 Å². The fourth-order valence-corrected chi connectivity index (χ4v) is 3.50. The van der Waals surface area contributed by atoms with Gasteiger partial charge in [0.25, 0.3) is 0 Å². The number of nitrogens with one attached hydrogen (secondary N) is 1. The lowest BCUT2D eigenvalue weighted by Gasteiger charge is -2.37. The van der Waals surface area contributed by atoms with Gasteiger partial charge in [0.05, 0.1) is 11.4 Å². The molecule has 1 aromatic heterocycles. The van der Waals surface area contributed by atoms with Crippen molar-refractivity contribution in [2.24, 2.45) is 0 Å². The molecule has 1 aliphatic heterocycles. The maximum atomic E-state index is 10.7. The first-order valence-corrected chi connectivity index (χ1v) is 8.78. The Morgan fingerprint density at radius 2 is 1.67 bits per heavy atom. The van der Waals surface area contributed by atoms with Crippen LogP contribution in [0.1, 0.15) is 22.4 Å². The second kappa shape index (κ2) is 6.65. The highest BCUT2D eigenvalue weighted by Gasteiger charge is 2.38. The van der Waals surface area contributed by atoms with Crippen molar-refractivity contribution >= 4 is 5.70 Å². The van der Waals surface area contributed by atoms with Crippen LogP contribution in [0.2, 0.25) is 0 Å². The monoisotopic (exact) mass is 356 g/mol. The van der Waals surface area contributed by atoms with Crippen molar-refractivity contribution in [3.63, 3.8) is 0 Å². The molecule has 3 aromatic rings. The predicted octanol–water partition coefficient (Wildman–Crippen LogP) is 4.25. The number of pyridine rings is 1. The minimum atomic E-state index is -0.926. The topological polar surface area (TPSA) is 65.4 Å². The summed E-state index contributed by atoms with van der Waals surface area (Å²) in [6.45, 7) is 1.93. The van der Waals surface area contributed by atoms with Gasteiger partial charge < -0.3 is 15.5 Å². The number of hydrogen-bond acceptors (Lipinski definition) is 4. The molecule has 0 saturated heterocycles. The molecule has 2 heterocycles. The number of phenolic OH excluding ortho intramolecular Hbond substituents is 2. The molecule has 4 rings (SSSR count). The Kier molecular flexibility index (Phi) is 4.16. The number of aryl methyl sites for hydroxylation is 1. The Labute approximate surface area is 158 Å². The summed E-state index contributed by atoms with van der Waals surface area (Å²) in [6.07, 6.45) is 7.54. The number of aromatic hydroxyl groups is 2. The summed E-state index contributed by atoms with van der Waals surface area (Å²) in [7, 11) is 0. The zero-order valence-electron chi connectivity index (χ0n) is 14.9. The van der Waals surface area contributed by atoms with Crippen LogP contribution in [-0.2, 0) is 5.54 Å². The lowest BCUT2D eigenvalue weighted by Crippen LogP contribution is -2.42. The van der Waals surface area contributed by atoms with Crippen LogP contribution in [0.5, 0.6) is 11.5 Å². The molecule has 0 spiro atoms. The van der Waals surface area contributed by atoms with Crippen LogP contribution >= 0.6 is 0 Å². The smallest absolute Gasteiger partial charge is 0.122 e. The maximum absolute atomic E-state index is 10.7. The zero-order valence-corrected chi connectivity index (χ0v) is 14.9. The number of dihydropyridines is 1. The molecule has 27 heavy (non-hydrogen) atoms. The van der Waals surface area contributed by atoms with Crippen molar-refractivity contribution in [1.29, 1.82) is 0 Å². The first kappa shape index (κ1) is 16.9. The minimum Gasteiger partial charge on any atom is -0.508 e. The van der Waals surface area contributed by atoms with Gasteiger partial charge in [-0.1, -0.05) is 42.5 Å². The lowest BCUT2D eigenvalue weighted by molar-refractivity contribution is 0.427. The van der Waals surface area contributed by atoms with E-state index >= 15 is 0 Å². The minimum absolute atomic E-state index is 0.150. The summed E-state index contributed by atoms with van der Waals surface area (Å²) >= 11 is 0. The van der Waals surface area contributed by atoms with E-state index in [0.29, 0.717) is 11.1 Å². The number of hydrogen-bond donors (Lipinski definition) is 3. The van der Waals surface area contributed by atoms with Crippen molar-refractivity contribution in [3.8, 4) is 11.5 Å². The molecular formula is C23H20N2O2. The third-order valence-electron chi connectivity index (χ3n) is 4.79. The van der Waals surface area contributed by atoms with Gasteiger partial charge in [-0.25, -0.2) is 0 Å². The van der Waals surface area contributed by atoms with Crippen LogP contribution in [0.4, 0.5) is 0 Å². The van der Waals surface area contributed by atoms with Gasteiger partial charge >= 0.3 is 0 Å². The second-order valence-corrected chi connectivity index (χ2v) is 6.63. The average Bonchev–Trinajstić information content (AvgIpc) is 2.69. The molecule has 0 saturated carbocycles. The molecule has 134 valence electrons. The van der Waals surface area contributed by atoms with E-state index in [2.05, 4.69) is 10.3 Å². The molecule has 1 unspecified atom stereocenters. The molecule has 2 aromatic carbocycles. The SMILES string of the molecule is Cc1ccc(C2(c3ccccc3O)C=CC=C(c3ccccn3)N2)c(O)c1. The van der Waals surface area contributed by atoms with Crippen LogP contribution < -0.4 is 5.32 Å². The lowest BCUT2D eigenvalue weighted by atomic mass is 9.79. The fraction of sp³-hybridized carbons (Fsp3) is 0.0870. The van der Waals surface area contributed by atoms with E-state index in [1.807, 2.05) is 67.6 Å². The summed E-state index contributed by atoms with van der Waals surface area (Å²) in [5.74, 6) is 0.314. The Balaban J connectivity index is 1.92. The number of nitrogens with zero attached hydrogens (tertiary/aromatic N) is 1. The summed E-state index contributed by atoms with van der Waals surface area (Å²) in [6, 6.07) is 18.4. The van der Waals surface area contributed by atoms with Crippen molar-refractivity contribution in [1.82, 2.24) is 10.3 Å². The summed E-state index contributed by atoms with van der Waals surface area (Å²) < 4.78 is 0. The Morgan fingerprint density at radius 1 is 0.889 bits per heavy atom. The van der Waals surface area contributed by atoms with Gasteiger partial charge in [-0.15, -0.1) is 0 Å². The summed E-state index contributed by atoms with van der Waals surface area (Å²) in [4.78, 5) is 4.42. The molecule has 0 aliphatic carbocycles. The highest BCUT2D eigenvalue weighted by molar-refractivity contribution is 5.69. The normalized spacial score (nSPS) is 18.6. The molecule has 0 bridgehead atoms. The molecule has 1 atom stereocenters. The van der Waals surface area contributed by atoms with Gasteiger partial charge in [-0.05, 0) is 48.9 Å². The summed E-state index contributed by atoms with van der Waals surface area (Å²) in [5, 5.41) is 24.8. The largest absolute Gasteiger partial charge is 0.508 e. The quantitative estimate of drug-likeness (QED) is 0.657. The third kappa shape index (κ3) is 2.95. The van der Waals surface area contributed by atoms with Gasteiger partial charge in [0, 0.05) is 17.3 Å². The van der Waals surface area contributed by atoms with Crippen LogP contribution in [0.15, 0.2) is 85.1 Å². The van der Waals surface area contributed by atoms with E-state index in [1.165, 1.54) is 0 Å². The van der Waals surface area contributed by atoms with Gasteiger partial charge in [0.2, 0.25) is 0 Å². The van der Waals surface area contributed by atoms with E-state index in [1.54, 1.807) is 24.4 Å². The van der Waals surface area contributed by atoms with Crippen LogP contribution in [0.25, 0.3) is 5.70 Å². The van der Waals surface area contributed by atoms with E-state index in [-0.39, 0.29) is 11.5 Å². The number of benzene rings is 2. The molecule has 0 amide bonds. The van der Waals surface area contributed by atoms with Crippen molar-refractivity contribution in [2.75, 3.05) is 0 Å². The van der Waals surface area contributed by atoms with Gasteiger partial charge in [0.15, 0.2) is 0 Å². The molecule has 3 N–H and O–H groups in total. The van der Waals surface area contributed by atoms with Crippen molar-refractivity contribution in [3.05, 3.63) is 107 Å². The predicted molar refractivity (Wildman–Crippen MR) is 106 cm³/mol. The van der Waals surface area contributed by atoms with Crippen LogP contribution in [0, 0.1) is 6.92 Å². The number of aromatic nitrogens is 1. The number of allylic oxidation sites excluding steroid dienone is 2. The molecule has 4 heteroatoms. The second-order valence-electron chi connectivity index (χ2n) is 6.63. The number of rotatable bonds is 3. The number of para-hydroxylation sites is 1. The Morgan fingerprint density at radius 3 is 2.41 bits per heavy atom. The Hall–Kier alpha value is -3.53. The van der Waals surface area contributed by atoms with Crippen molar-refractivity contribution < 1.29 is 10.2 Å². The highest BCUT2D eigenvalue weighted by Crippen LogP contribution is 2.43. The summed E-state index contributed by atoms with van der Waals surface area (Å²) in [5.41, 5.74) is 2.94. The molecule has 0 radical (unpaired) electrons. The highest BCUT2D eigenvalue weighted by atomic mass is 16.3. The van der Waals surface area contributed by atoms with Crippen LogP contribution in [-0.4, -0.2) is 15.2 Å². The molecular weight excluding hydrogens is 336 g/mol. The van der Waals surface area contributed by atoms with E-state index in [4.69, 9.17) is 0 Å². The van der Waals surface area contributed by atoms with Gasteiger partial charge in [-0.2, -0.15) is 0 Å². The third-order valence-corrected chi connectivity index (χ3v) is 4.79. The standard InChI is InChI=1S/C23H20N2O2/c1-16-11-12-18(22(27)15-16)23(17-7-2-3-10-21(17)26)13-6-9-20(25-23)19-8-4-5-14-24-19/h2-15,25-27H,1H3. The van der Waals surface area contributed by atoms with Crippen LogP contribution in [0.3, 0.4) is 0 Å². The number of phenols is 2. The first-order valence-electron chi connectivity index (χ1n) is 8.78. The first-order chi connectivity index (χ1) is 13.1. The zero-order chi connectivity index (χ0) is 18.9. The molecule has 4 nitrogen and oxygen atoms in total. The van der Waals surface area contributed by atoms with E-state index in [9.17, 15) is 10.2 Å². The molecule has 1 aliphatic rings. The van der Waals surface area contributed by atoms with E-state index in [0.717, 1.165) is 17.0 Å². The van der Waals surface area contributed by atoms with E-state index < -0.39 is 5.54 Å².